The number of allylic oxidation sites excluding steroid dienone is 8. The first-order valence-corrected chi connectivity index (χ1v) is 15.6. The van der Waals surface area contributed by atoms with Crippen LogP contribution >= 0.6 is 8.51 Å². The van der Waals surface area contributed by atoms with Gasteiger partial charge in [-0.05, 0) is 0 Å². The predicted molar refractivity (Wildman–Crippen MR) is 98.5 cm³/mol. The summed E-state index contributed by atoms with van der Waals surface area (Å²) < 4.78 is 1.08. The second kappa shape index (κ2) is 6.01. The van der Waals surface area contributed by atoms with E-state index in [-0.39, 0.29) is 6.25 Å². The third-order valence-corrected chi connectivity index (χ3v) is 23.2. The molecule has 2 unspecified atom stereocenters. The first-order chi connectivity index (χ1) is 10.8. The Morgan fingerprint density at radius 1 is 0.870 bits per heavy atom. The molecular formula is C21H25ClZr. The molecule has 0 heterocycles. The van der Waals surface area contributed by atoms with Crippen LogP contribution in [-0.2, 0) is 23.2 Å². The average Bonchev–Trinajstić information content (AvgIpc) is 3.04. The third kappa shape index (κ3) is 2.92. The van der Waals surface area contributed by atoms with Crippen LogP contribution in [0.2, 0.25) is 6.25 Å². The quantitative estimate of drug-likeness (QED) is 0.513. The summed E-state index contributed by atoms with van der Waals surface area (Å²) in [5.41, 5.74) is 4.06. The number of hydrogen-bond donors (Lipinski definition) is 0. The van der Waals surface area contributed by atoms with Crippen molar-refractivity contribution in [3.8, 4) is 0 Å². The maximum atomic E-state index is 7.72. The summed E-state index contributed by atoms with van der Waals surface area (Å²) in [6, 6.07) is 10.8. The van der Waals surface area contributed by atoms with Crippen LogP contribution in [0, 0.1) is 0 Å². The zero-order valence-corrected chi connectivity index (χ0v) is 17.6. The van der Waals surface area contributed by atoms with Gasteiger partial charge in [-0.2, -0.15) is 0 Å². The fourth-order valence-corrected chi connectivity index (χ4v) is 17.0. The molecule has 23 heavy (non-hydrogen) atoms. The summed E-state index contributed by atoms with van der Waals surface area (Å²) >= 11 is -3.26. The Kier molecular flexibility index (Phi) is 4.49. The van der Waals surface area contributed by atoms with E-state index in [1.807, 2.05) is 0 Å². The monoisotopic (exact) mass is 402 g/mol. The molecule has 0 saturated carbocycles. The SMILES string of the molecule is CC1=C[C](C)([Zr]([Cl])([CH2]c2ccccc2)[C]2(C)C=CC(C)=C2)C=C1. The van der Waals surface area contributed by atoms with Crippen molar-refractivity contribution in [1.29, 1.82) is 0 Å². The molecule has 0 aromatic heterocycles. The molecule has 2 heteroatoms. The molecule has 0 aliphatic heterocycles. The van der Waals surface area contributed by atoms with E-state index in [0.717, 1.165) is 4.13 Å². The van der Waals surface area contributed by atoms with Crippen LogP contribution in [0.3, 0.4) is 0 Å². The van der Waals surface area contributed by atoms with Crippen LogP contribution in [0.25, 0.3) is 0 Å². The second-order valence-electron chi connectivity index (χ2n) is 7.47. The summed E-state index contributed by atoms with van der Waals surface area (Å²) in [5, 5.41) is 0. The Morgan fingerprint density at radius 2 is 1.35 bits per heavy atom. The van der Waals surface area contributed by atoms with E-state index in [9.17, 15) is 0 Å². The molecule has 120 valence electrons. The van der Waals surface area contributed by atoms with Crippen molar-refractivity contribution in [3.63, 3.8) is 0 Å². The van der Waals surface area contributed by atoms with E-state index in [2.05, 4.69) is 94.5 Å². The number of rotatable bonds is 4. The van der Waals surface area contributed by atoms with Crippen molar-refractivity contribution >= 4 is 8.51 Å². The van der Waals surface area contributed by atoms with Crippen molar-refractivity contribution in [2.75, 3.05) is 0 Å². The average molecular weight is 404 g/mol. The van der Waals surface area contributed by atoms with Crippen LogP contribution < -0.4 is 0 Å². The normalized spacial score (nSPS) is 31.9. The number of halogens is 1. The van der Waals surface area contributed by atoms with Gasteiger partial charge in [-0.15, -0.1) is 0 Å². The summed E-state index contributed by atoms with van der Waals surface area (Å²) in [4.78, 5) is 0. The topological polar surface area (TPSA) is 0 Å². The fourth-order valence-electron chi connectivity index (χ4n) is 4.08. The molecule has 0 amide bonds. The molecule has 1 aromatic rings. The van der Waals surface area contributed by atoms with Crippen LogP contribution in [0.1, 0.15) is 33.3 Å². The molecule has 0 fully saturated rings. The summed E-state index contributed by atoms with van der Waals surface area (Å²) in [6.07, 6.45) is 14.1. The molecule has 2 aliphatic carbocycles. The first kappa shape index (κ1) is 17.2. The summed E-state index contributed by atoms with van der Waals surface area (Å²) in [7, 11) is 7.72. The van der Waals surface area contributed by atoms with Gasteiger partial charge in [0.25, 0.3) is 0 Å². The predicted octanol–water partition coefficient (Wildman–Crippen LogP) is 6.88. The molecule has 3 rings (SSSR count). The van der Waals surface area contributed by atoms with Crippen molar-refractivity contribution in [2.45, 2.75) is 38.1 Å². The Bertz CT molecular complexity index is 685. The number of hydrogen-bond acceptors (Lipinski definition) is 0. The van der Waals surface area contributed by atoms with Gasteiger partial charge in [0, 0.05) is 0 Å². The Balaban J connectivity index is 2.11. The van der Waals surface area contributed by atoms with E-state index < -0.39 is 19.1 Å². The van der Waals surface area contributed by atoms with Crippen LogP contribution in [-0.4, -0.2) is 0 Å². The van der Waals surface area contributed by atoms with E-state index in [1.165, 1.54) is 16.7 Å². The standard InChI is InChI=1S/2C7H9.C7H7.ClH.Zr/c2*1-6-3-4-7(2)5-6;1-7-5-3-2-4-6-7;;/h2*3-5H,1-2H3;2-6H,1H2;1H;/q;;;;+1/p-1. The van der Waals surface area contributed by atoms with Crippen molar-refractivity contribution < 1.29 is 19.1 Å². The van der Waals surface area contributed by atoms with Crippen LogP contribution in [0.15, 0.2) is 77.9 Å². The van der Waals surface area contributed by atoms with Gasteiger partial charge in [0.05, 0.1) is 0 Å². The Hall–Kier alpha value is -0.647. The molecule has 0 radical (unpaired) electrons. The van der Waals surface area contributed by atoms with Crippen molar-refractivity contribution in [1.82, 2.24) is 0 Å². The van der Waals surface area contributed by atoms with Gasteiger partial charge < -0.3 is 0 Å². The Morgan fingerprint density at radius 3 is 1.74 bits per heavy atom. The molecule has 0 nitrogen and oxygen atoms in total. The van der Waals surface area contributed by atoms with Gasteiger partial charge in [0.1, 0.15) is 0 Å². The minimum atomic E-state index is -3.26. The Labute approximate surface area is 148 Å². The maximum absolute atomic E-state index is 7.72. The van der Waals surface area contributed by atoms with Crippen molar-refractivity contribution in [3.05, 3.63) is 83.5 Å². The minimum absolute atomic E-state index is 0.0242. The zero-order valence-electron chi connectivity index (χ0n) is 14.4. The van der Waals surface area contributed by atoms with E-state index >= 15 is 0 Å². The van der Waals surface area contributed by atoms with Gasteiger partial charge in [0.15, 0.2) is 0 Å². The zero-order chi connectivity index (χ0) is 16.7. The first-order valence-electron chi connectivity index (χ1n) is 8.28. The number of benzene rings is 1. The molecule has 0 saturated heterocycles. The molecule has 0 spiro atoms. The second-order valence-corrected chi connectivity index (χ2v) is 21.4. The van der Waals surface area contributed by atoms with E-state index in [1.54, 1.807) is 0 Å². The molecular weight excluding hydrogens is 379 g/mol. The summed E-state index contributed by atoms with van der Waals surface area (Å²) in [5.74, 6) is 0. The van der Waals surface area contributed by atoms with Gasteiger partial charge in [0.2, 0.25) is 0 Å². The van der Waals surface area contributed by atoms with Crippen LogP contribution in [0.5, 0.6) is 0 Å². The molecule has 1 aromatic carbocycles. The van der Waals surface area contributed by atoms with Gasteiger partial charge in [-0.1, -0.05) is 0 Å². The van der Waals surface area contributed by atoms with E-state index in [4.69, 9.17) is 8.51 Å². The van der Waals surface area contributed by atoms with Gasteiger partial charge in [-0.25, -0.2) is 0 Å². The molecule has 0 bridgehead atoms. The van der Waals surface area contributed by atoms with Gasteiger partial charge in [-0.3, -0.25) is 0 Å². The molecule has 2 aliphatic rings. The van der Waals surface area contributed by atoms with E-state index in [0.29, 0.717) is 0 Å². The van der Waals surface area contributed by atoms with Crippen molar-refractivity contribution in [2.24, 2.45) is 0 Å². The fraction of sp³-hybridized carbons (Fsp3) is 0.333. The molecule has 2 atom stereocenters. The van der Waals surface area contributed by atoms with Crippen LogP contribution in [0.4, 0.5) is 0 Å². The summed E-state index contributed by atoms with van der Waals surface area (Å²) in [6.45, 7) is 9.07. The molecule has 0 N–H and O–H groups in total. The third-order valence-electron chi connectivity index (χ3n) is 5.44. The van der Waals surface area contributed by atoms with Gasteiger partial charge >= 0.3 is 149 Å².